The topological polar surface area (TPSA) is 68.0 Å². The number of hydrogen-bond acceptors (Lipinski definition) is 5. The van der Waals surface area contributed by atoms with Crippen LogP contribution in [-0.4, -0.2) is 15.9 Å². The molecule has 5 nitrogen and oxygen atoms in total. The second-order valence-corrected chi connectivity index (χ2v) is 8.01. The first kappa shape index (κ1) is 19.1. The monoisotopic (exact) mass is 403 g/mol. The van der Waals surface area contributed by atoms with Gasteiger partial charge in [0.15, 0.2) is 5.13 Å². The van der Waals surface area contributed by atoms with Crippen molar-refractivity contribution in [3.8, 4) is 11.5 Å². The summed E-state index contributed by atoms with van der Waals surface area (Å²) >= 11 is 1.51. The van der Waals surface area contributed by atoms with E-state index in [1.807, 2.05) is 37.3 Å². The summed E-state index contributed by atoms with van der Waals surface area (Å²) in [6.45, 7) is 4.05. The smallest absolute Gasteiger partial charge is 0.232 e. The maximum Gasteiger partial charge on any atom is 0.232 e. The van der Waals surface area contributed by atoms with Crippen molar-refractivity contribution in [1.82, 2.24) is 9.97 Å². The van der Waals surface area contributed by atoms with E-state index in [0.29, 0.717) is 16.7 Å². The molecule has 2 aromatic carbocycles. The lowest BCUT2D eigenvalue weighted by molar-refractivity contribution is -0.115. The molecule has 0 fully saturated rings. The number of rotatable bonds is 6. The van der Waals surface area contributed by atoms with Gasteiger partial charge in [-0.1, -0.05) is 48.0 Å². The number of oxazole rings is 1. The number of nitrogens with zero attached hydrogens (tertiary/aromatic N) is 2. The third-order valence-corrected chi connectivity index (χ3v) is 5.61. The Morgan fingerprint density at radius 3 is 2.55 bits per heavy atom. The molecule has 0 bridgehead atoms. The van der Waals surface area contributed by atoms with Crippen LogP contribution in [0.2, 0.25) is 0 Å². The zero-order valence-corrected chi connectivity index (χ0v) is 17.1. The molecule has 146 valence electrons. The quantitative estimate of drug-likeness (QED) is 0.481. The van der Waals surface area contributed by atoms with Gasteiger partial charge in [0.25, 0.3) is 0 Å². The molecule has 0 radical (unpaired) electrons. The Morgan fingerprint density at radius 1 is 1.03 bits per heavy atom. The number of benzene rings is 2. The van der Waals surface area contributed by atoms with Crippen LogP contribution in [0.15, 0.2) is 65.3 Å². The van der Waals surface area contributed by atoms with Crippen molar-refractivity contribution in [2.24, 2.45) is 0 Å². The fraction of sp³-hybridized carbons (Fsp3) is 0.174. The van der Waals surface area contributed by atoms with Crippen LogP contribution in [0, 0.1) is 13.8 Å². The lowest BCUT2D eigenvalue weighted by atomic mass is 10.1. The minimum atomic E-state index is -0.159. The Labute approximate surface area is 173 Å². The molecule has 4 aromatic rings. The second kappa shape index (κ2) is 8.41. The predicted octanol–water partition coefficient (Wildman–Crippen LogP) is 5.19. The van der Waals surface area contributed by atoms with Crippen LogP contribution >= 0.6 is 11.3 Å². The van der Waals surface area contributed by atoms with E-state index >= 15 is 0 Å². The number of aryl methyl sites for hydroxylation is 2. The Kier molecular flexibility index (Phi) is 5.53. The van der Waals surface area contributed by atoms with Crippen LogP contribution in [-0.2, 0) is 17.6 Å². The molecule has 0 saturated carbocycles. The summed E-state index contributed by atoms with van der Waals surface area (Å²) in [4.78, 5) is 22.5. The number of thiazole rings is 1. The Bertz CT molecular complexity index is 1110. The van der Waals surface area contributed by atoms with Gasteiger partial charge in [0.05, 0.1) is 17.8 Å². The molecule has 0 saturated heterocycles. The van der Waals surface area contributed by atoms with E-state index in [2.05, 4.69) is 46.5 Å². The highest BCUT2D eigenvalue weighted by Crippen LogP contribution is 2.26. The highest BCUT2D eigenvalue weighted by Gasteiger charge is 2.14. The molecule has 0 aliphatic carbocycles. The van der Waals surface area contributed by atoms with E-state index in [0.717, 1.165) is 22.6 Å². The largest absolute Gasteiger partial charge is 0.444 e. The van der Waals surface area contributed by atoms with Crippen LogP contribution in [0.25, 0.3) is 11.5 Å². The van der Waals surface area contributed by atoms with Crippen molar-refractivity contribution < 1.29 is 9.21 Å². The third kappa shape index (κ3) is 4.78. The molecule has 6 heteroatoms. The van der Waals surface area contributed by atoms with Gasteiger partial charge < -0.3 is 9.73 Å². The Morgan fingerprint density at radius 2 is 1.79 bits per heavy atom. The molecule has 1 N–H and O–H groups in total. The van der Waals surface area contributed by atoms with Crippen molar-refractivity contribution in [2.45, 2.75) is 26.7 Å². The van der Waals surface area contributed by atoms with Gasteiger partial charge in [-0.2, -0.15) is 0 Å². The SMILES string of the molecule is Cc1ccc(Cc2sc(NC(=O)Cc3coc(-c4ccccc4)n3)nc2C)cc1. The molecular formula is C23H21N3O2S. The van der Waals surface area contributed by atoms with Crippen molar-refractivity contribution in [1.29, 1.82) is 0 Å². The third-order valence-electron chi connectivity index (χ3n) is 4.54. The molecule has 0 atom stereocenters. The molecule has 1 amide bonds. The zero-order chi connectivity index (χ0) is 20.2. The molecule has 2 aromatic heterocycles. The summed E-state index contributed by atoms with van der Waals surface area (Å²) in [5.74, 6) is 0.354. The van der Waals surface area contributed by atoms with Gasteiger partial charge in [-0.05, 0) is 31.5 Å². The number of carbonyl (C=O) groups is 1. The van der Waals surface area contributed by atoms with Gasteiger partial charge >= 0.3 is 0 Å². The van der Waals surface area contributed by atoms with Crippen molar-refractivity contribution in [3.63, 3.8) is 0 Å². The second-order valence-electron chi connectivity index (χ2n) is 6.92. The minimum absolute atomic E-state index is 0.141. The summed E-state index contributed by atoms with van der Waals surface area (Å²) in [6, 6.07) is 18.1. The van der Waals surface area contributed by atoms with Crippen molar-refractivity contribution in [2.75, 3.05) is 5.32 Å². The first-order valence-corrected chi connectivity index (χ1v) is 10.2. The van der Waals surface area contributed by atoms with Gasteiger partial charge in [0.2, 0.25) is 11.8 Å². The number of nitrogens with one attached hydrogen (secondary N) is 1. The zero-order valence-electron chi connectivity index (χ0n) is 16.3. The maximum atomic E-state index is 12.4. The molecule has 29 heavy (non-hydrogen) atoms. The standard InChI is InChI=1S/C23H21N3O2S/c1-15-8-10-17(11-9-15)12-20-16(2)24-23(29-20)26-21(27)13-19-14-28-22(25-19)18-6-4-3-5-7-18/h3-11,14H,12-13H2,1-2H3,(H,24,26,27). The summed E-state index contributed by atoms with van der Waals surface area (Å²) in [5, 5.41) is 3.49. The van der Waals surface area contributed by atoms with Gasteiger partial charge in [0.1, 0.15) is 6.26 Å². The van der Waals surface area contributed by atoms with Crippen LogP contribution < -0.4 is 5.32 Å². The van der Waals surface area contributed by atoms with E-state index in [1.165, 1.54) is 28.7 Å². The molecular weight excluding hydrogens is 382 g/mol. The number of amides is 1. The normalized spacial score (nSPS) is 10.8. The van der Waals surface area contributed by atoms with Crippen molar-refractivity contribution in [3.05, 3.63) is 88.3 Å². The number of carbonyl (C=O) groups excluding carboxylic acids is 1. The highest BCUT2D eigenvalue weighted by molar-refractivity contribution is 7.15. The first-order valence-electron chi connectivity index (χ1n) is 9.38. The average Bonchev–Trinajstić information content (AvgIpc) is 3.31. The lowest BCUT2D eigenvalue weighted by Crippen LogP contribution is -2.14. The highest BCUT2D eigenvalue weighted by atomic mass is 32.1. The molecule has 0 aliphatic heterocycles. The summed E-state index contributed by atoms with van der Waals surface area (Å²) in [6.07, 6.45) is 2.48. The van der Waals surface area contributed by atoms with Crippen molar-refractivity contribution >= 4 is 22.4 Å². The van der Waals surface area contributed by atoms with E-state index in [-0.39, 0.29) is 12.3 Å². The van der Waals surface area contributed by atoms with Crippen LogP contribution in [0.3, 0.4) is 0 Å². The molecule has 0 spiro atoms. The molecule has 0 aliphatic rings. The fourth-order valence-corrected chi connectivity index (χ4v) is 3.98. The lowest BCUT2D eigenvalue weighted by Gasteiger charge is -2.00. The molecule has 4 rings (SSSR count). The summed E-state index contributed by atoms with van der Waals surface area (Å²) < 4.78 is 5.50. The summed E-state index contributed by atoms with van der Waals surface area (Å²) in [7, 11) is 0. The van der Waals surface area contributed by atoms with Gasteiger partial charge in [-0.3, -0.25) is 4.79 Å². The van der Waals surface area contributed by atoms with Crippen LogP contribution in [0.4, 0.5) is 5.13 Å². The van der Waals surface area contributed by atoms with E-state index < -0.39 is 0 Å². The Hall–Kier alpha value is -3.25. The fourth-order valence-electron chi connectivity index (χ4n) is 2.97. The number of aromatic nitrogens is 2. The first-order chi connectivity index (χ1) is 14.1. The van der Waals surface area contributed by atoms with Crippen LogP contribution in [0.1, 0.15) is 27.4 Å². The van der Waals surface area contributed by atoms with E-state index in [1.54, 1.807) is 0 Å². The summed E-state index contributed by atoms with van der Waals surface area (Å²) in [5.41, 5.74) is 4.89. The van der Waals surface area contributed by atoms with Gasteiger partial charge in [0, 0.05) is 16.9 Å². The van der Waals surface area contributed by atoms with Crippen LogP contribution in [0.5, 0.6) is 0 Å². The Balaban J connectivity index is 1.39. The van der Waals surface area contributed by atoms with Gasteiger partial charge in [-0.25, -0.2) is 9.97 Å². The molecule has 0 unspecified atom stereocenters. The van der Waals surface area contributed by atoms with E-state index in [9.17, 15) is 4.79 Å². The van der Waals surface area contributed by atoms with E-state index in [4.69, 9.17) is 4.42 Å². The predicted molar refractivity (Wildman–Crippen MR) is 115 cm³/mol. The average molecular weight is 404 g/mol. The number of anilines is 1. The minimum Gasteiger partial charge on any atom is -0.444 e. The van der Waals surface area contributed by atoms with Gasteiger partial charge in [-0.15, -0.1) is 11.3 Å². The maximum absolute atomic E-state index is 12.4. The molecule has 2 heterocycles. The number of hydrogen-bond donors (Lipinski definition) is 1.